The number of fused-ring (bicyclic) bond motifs is 1. The molecule has 22 heavy (non-hydrogen) atoms. The molecule has 1 aromatic rings. The summed E-state index contributed by atoms with van der Waals surface area (Å²) in [6.07, 6.45) is 5.30. The van der Waals surface area contributed by atoms with Gasteiger partial charge in [0.05, 0.1) is 0 Å². The molecule has 0 saturated heterocycles. The van der Waals surface area contributed by atoms with E-state index in [0.29, 0.717) is 18.9 Å². The summed E-state index contributed by atoms with van der Waals surface area (Å²) in [5, 5.41) is 5.93. The topological polar surface area (TPSA) is 84.2 Å². The van der Waals surface area contributed by atoms with Crippen LogP contribution in [-0.4, -0.2) is 18.4 Å². The van der Waals surface area contributed by atoms with Crippen LogP contribution < -0.4 is 16.4 Å². The fraction of sp³-hybridized carbons (Fsp3) is 0.529. The van der Waals surface area contributed by atoms with Gasteiger partial charge in [0.15, 0.2) is 0 Å². The van der Waals surface area contributed by atoms with Crippen LogP contribution in [0.2, 0.25) is 0 Å². The van der Waals surface area contributed by atoms with E-state index in [1.165, 1.54) is 0 Å². The average molecular weight is 301 g/mol. The standard InChI is InChI=1S/C17H23N3O2/c18-10-12-4-1-5-14(12)17(22)19-13-7-8-15-11(9-13)3-2-6-16(21)20-15/h7-9,12,14H,1-6,10,18H2,(H,19,22)(H,20,21)/t12-,14-/m1/s1. The summed E-state index contributed by atoms with van der Waals surface area (Å²) < 4.78 is 0. The first-order valence-corrected chi connectivity index (χ1v) is 8.11. The molecule has 1 aliphatic carbocycles. The molecule has 0 bridgehead atoms. The van der Waals surface area contributed by atoms with Crippen molar-refractivity contribution in [3.63, 3.8) is 0 Å². The Morgan fingerprint density at radius 1 is 1.27 bits per heavy atom. The maximum Gasteiger partial charge on any atom is 0.227 e. The minimum atomic E-state index is 0.0310. The van der Waals surface area contributed by atoms with Crippen LogP contribution >= 0.6 is 0 Å². The van der Waals surface area contributed by atoms with Crippen molar-refractivity contribution in [1.29, 1.82) is 0 Å². The van der Waals surface area contributed by atoms with Crippen molar-refractivity contribution in [3.05, 3.63) is 23.8 Å². The summed E-state index contributed by atoms with van der Waals surface area (Å²) in [5.74, 6) is 0.474. The number of rotatable bonds is 3. The van der Waals surface area contributed by atoms with Crippen LogP contribution in [0.3, 0.4) is 0 Å². The molecular weight excluding hydrogens is 278 g/mol. The molecule has 5 nitrogen and oxygen atoms in total. The number of anilines is 2. The Morgan fingerprint density at radius 3 is 2.95 bits per heavy atom. The molecule has 1 aromatic carbocycles. The van der Waals surface area contributed by atoms with Gasteiger partial charge in [-0.1, -0.05) is 6.42 Å². The second-order valence-electron chi connectivity index (χ2n) is 6.30. The maximum atomic E-state index is 12.4. The van der Waals surface area contributed by atoms with E-state index in [0.717, 1.165) is 49.0 Å². The average Bonchev–Trinajstić information content (AvgIpc) is 2.90. The lowest BCUT2D eigenvalue weighted by Crippen LogP contribution is -2.29. The van der Waals surface area contributed by atoms with Gasteiger partial charge in [0.25, 0.3) is 0 Å². The zero-order valence-corrected chi connectivity index (χ0v) is 12.7. The first-order valence-electron chi connectivity index (χ1n) is 8.11. The first kappa shape index (κ1) is 15.0. The van der Waals surface area contributed by atoms with Gasteiger partial charge in [-0.25, -0.2) is 0 Å². The predicted molar refractivity (Wildman–Crippen MR) is 86.5 cm³/mol. The highest BCUT2D eigenvalue weighted by Gasteiger charge is 2.31. The van der Waals surface area contributed by atoms with Gasteiger partial charge in [0, 0.05) is 23.7 Å². The number of carbonyl (C=O) groups excluding carboxylic acids is 2. The van der Waals surface area contributed by atoms with Crippen molar-refractivity contribution in [3.8, 4) is 0 Å². The van der Waals surface area contributed by atoms with Crippen LogP contribution in [0.25, 0.3) is 0 Å². The Bertz CT molecular complexity index is 585. The summed E-state index contributed by atoms with van der Waals surface area (Å²) in [6.45, 7) is 0.578. The van der Waals surface area contributed by atoms with Gasteiger partial charge in [-0.2, -0.15) is 0 Å². The third-order valence-electron chi connectivity index (χ3n) is 4.80. The van der Waals surface area contributed by atoms with E-state index in [4.69, 9.17) is 5.73 Å². The third kappa shape index (κ3) is 3.14. The van der Waals surface area contributed by atoms with Crippen LogP contribution in [0.1, 0.15) is 37.7 Å². The molecule has 5 heteroatoms. The van der Waals surface area contributed by atoms with E-state index in [9.17, 15) is 9.59 Å². The van der Waals surface area contributed by atoms with Crippen molar-refractivity contribution in [1.82, 2.24) is 0 Å². The summed E-state index contributed by atoms with van der Waals surface area (Å²) in [7, 11) is 0. The van der Waals surface area contributed by atoms with Crippen LogP contribution in [0.5, 0.6) is 0 Å². The highest BCUT2D eigenvalue weighted by molar-refractivity contribution is 5.95. The lowest BCUT2D eigenvalue weighted by Gasteiger charge is -2.18. The number of hydrogen-bond donors (Lipinski definition) is 3. The normalized spacial score (nSPS) is 24.3. The molecular formula is C17H23N3O2. The van der Waals surface area contributed by atoms with E-state index < -0.39 is 0 Å². The zero-order valence-electron chi connectivity index (χ0n) is 12.7. The summed E-state index contributed by atoms with van der Waals surface area (Å²) in [5.41, 5.74) is 8.52. The summed E-state index contributed by atoms with van der Waals surface area (Å²) in [4.78, 5) is 24.0. The highest BCUT2D eigenvalue weighted by Crippen LogP contribution is 2.32. The van der Waals surface area contributed by atoms with Gasteiger partial charge in [0.1, 0.15) is 0 Å². The zero-order chi connectivity index (χ0) is 15.5. The van der Waals surface area contributed by atoms with Crippen LogP contribution in [0.4, 0.5) is 11.4 Å². The molecule has 118 valence electrons. The first-order chi connectivity index (χ1) is 10.7. The number of nitrogens with two attached hydrogens (primary N) is 1. The molecule has 0 radical (unpaired) electrons. The number of carbonyl (C=O) groups is 2. The van der Waals surface area contributed by atoms with Crippen molar-refractivity contribution in [2.45, 2.75) is 38.5 Å². The third-order valence-corrected chi connectivity index (χ3v) is 4.80. The quantitative estimate of drug-likeness (QED) is 0.800. The number of aryl methyl sites for hydroxylation is 1. The van der Waals surface area contributed by atoms with Crippen LogP contribution in [0.15, 0.2) is 18.2 Å². The van der Waals surface area contributed by atoms with Gasteiger partial charge < -0.3 is 16.4 Å². The smallest absolute Gasteiger partial charge is 0.227 e. The number of benzene rings is 1. The van der Waals surface area contributed by atoms with E-state index in [1.807, 2.05) is 18.2 Å². The molecule has 1 heterocycles. The van der Waals surface area contributed by atoms with Crippen molar-refractivity contribution >= 4 is 23.2 Å². The second-order valence-corrected chi connectivity index (χ2v) is 6.30. The number of amides is 2. The molecule has 3 rings (SSSR count). The molecule has 1 fully saturated rings. The van der Waals surface area contributed by atoms with Crippen LogP contribution in [0, 0.1) is 11.8 Å². The van der Waals surface area contributed by atoms with Crippen molar-refractivity contribution < 1.29 is 9.59 Å². The lowest BCUT2D eigenvalue weighted by atomic mass is 9.95. The van der Waals surface area contributed by atoms with Gasteiger partial charge >= 0.3 is 0 Å². The van der Waals surface area contributed by atoms with E-state index in [-0.39, 0.29) is 17.7 Å². The fourth-order valence-electron chi connectivity index (χ4n) is 3.55. The minimum Gasteiger partial charge on any atom is -0.330 e. The summed E-state index contributed by atoms with van der Waals surface area (Å²) in [6, 6.07) is 5.71. The summed E-state index contributed by atoms with van der Waals surface area (Å²) >= 11 is 0. The molecule has 1 aliphatic heterocycles. The van der Waals surface area contributed by atoms with Crippen LogP contribution in [-0.2, 0) is 16.0 Å². The van der Waals surface area contributed by atoms with E-state index in [2.05, 4.69) is 10.6 Å². The van der Waals surface area contributed by atoms with E-state index in [1.54, 1.807) is 0 Å². The van der Waals surface area contributed by atoms with Gasteiger partial charge in [0.2, 0.25) is 11.8 Å². The Hall–Kier alpha value is -1.88. The van der Waals surface area contributed by atoms with Crippen molar-refractivity contribution in [2.24, 2.45) is 17.6 Å². The molecule has 2 amide bonds. The largest absolute Gasteiger partial charge is 0.330 e. The molecule has 0 aromatic heterocycles. The fourth-order valence-corrected chi connectivity index (χ4v) is 3.55. The molecule has 0 unspecified atom stereocenters. The number of hydrogen-bond acceptors (Lipinski definition) is 3. The SMILES string of the molecule is NC[C@H]1CCC[C@H]1C(=O)Nc1ccc2c(c1)CCCC(=O)N2. The molecule has 0 spiro atoms. The van der Waals surface area contributed by atoms with Gasteiger partial charge in [-0.05, 0) is 61.9 Å². The minimum absolute atomic E-state index is 0.0310. The Balaban J connectivity index is 1.72. The molecule has 4 N–H and O–H groups in total. The predicted octanol–water partition coefficient (Wildman–Crippen LogP) is 2.27. The maximum absolute atomic E-state index is 12.4. The molecule has 1 saturated carbocycles. The Labute approximate surface area is 130 Å². The highest BCUT2D eigenvalue weighted by atomic mass is 16.2. The molecule has 2 aliphatic rings. The second kappa shape index (κ2) is 6.48. The Kier molecular flexibility index (Phi) is 4.43. The molecule has 2 atom stereocenters. The van der Waals surface area contributed by atoms with Gasteiger partial charge in [-0.15, -0.1) is 0 Å². The number of nitrogens with one attached hydrogen (secondary N) is 2. The van der Waals surface area contributed by atoms with E-state index >= 15 is 0 Å². The van der Waals surface area contributed by atoms with Crippen molar-refractivity contribution in [2.75, 3.05) is 17.2 Å². The monoisotopic (exact) mass is 301 g/mol. The lowest BCUT2D eigenvalue weighted by molar-refractivity contribution is -0.120. The van der Waals surface area contributed by atoms with Gasteiger partial charge in [-0.3, -0.25) is 9.59 Å². The Morgan fingerprint density at radius 2 is 2.14 bits per heavy atom.